The summed E-state index contributed by atoms with van der Waals surface area (Å²) in [6.45, 7) is 2.70. The number of ether oxygens (including phenoxy) is 1. The Bertz CT molecular complexity index is 366. The first-order chi connectivity index (χ1) is 7.63. The van der Waals surface area contributed by atoms with E-state index in [4.69, 9.17) is 4.74 Å². The lowest BCUT2D eigenvalue weighted by Gasteiger charge is -2.04. The molecule has 0 aliphatic heterocycles. The first-order valence-electron chi connectivity index (χ1n) is 5.17. The van der Waals surface area contributed by atoms with Gasteiger partial charge in [0.25, 0.3) is 0 Å². The first-order valence-corrected chi connectivity index (χ1v) is 5.96. The lowest BCUT2D eigenvalue weighted by atomic mass is 10.1. The van der Waals surface area contributed by atoms with Crippen molar-refractivity contribution in [2.75, 3.05) is 13.2 Å². The highest BCUT2D eigenvalue weighted by Gasteiger charge is 2.07. The number of halogens is 2. The average molecular weight is 289 g/mol. The molecule has 16 heavy (non-hydrogen) atoms. The Balaban J connectivity index is 2.49. The van der Waals surface area contributed by atoms with Crippen molar-refractivity contribution in [3.8, 4) is 0 Å². The molecule has 0 fully saturated rings. The Labute approximate surface area is 103 Å². The molecule has 0 atom stereocenters. The van der Waals surface area contributed by atoms with Crippen LogP contribution >= 0.6 is 15.9 Å². The predicted octanol–water partition coefficient (Wildman–Crippen LogP) is 3.13. The van der Waals surface area contributed by atoms with Gasteiger partial charge >= 0.3 is 0 Å². The minimum absolute atomic E-state index is 0.000702. The Morgan fingerprint density at radius 2 is 2.25 bits per heavy atom. The third-order valence-corrected chi connectivity index (χ3v) is 2.75. The van der Waals surface area contributed by atoms with E-state index in [-0.39, 0.29) is 24.6 Å². The third kappa shape index (κ3) is 4.41. The Morgan fingerprint density at radius 1 is 1.50 bits per heavy atom. The molecule has 0 spiro atoms. The number of carbonyl (C=O) groups is 1. The number of hydrogen-bond donors (Lipinski definition) is 0. The highest BCUT2D eigenvalue weighted by Crippen LogP contribution is 2.18. The molecule has 0 aliphatic rings. The molecule has 1 aromatic rings. The maximum absolute atomic E-state index is 12.8. The van der Waals surface area contributed by atoms with Crippen LogP contribution in [0.2, 0.25) is 0 Å². The third-order valence-electron chi connectivity index (χ3n) is 2.01. The van der Waals surface area contributed by atoms with Crippen LogP contribution in [0, 0.1) is 5.82 Å². The Hall–Kier alpha value is -0.740. The van der Waals surface area contributed by atoms with Gasteiger partial charge in [0.05, 0.1) is 0 Å². The maximum atomic E-state index is 12.8. The normalized spacial score (nSPS) is 10.4. The molecule has 0 aromatic heterocycles. The van der Waals surface area contributed by atoms with Crippen LogP contribution in [0.25, 0.3) is 0 Å². The summed E-state index contributed by atoms with van der Waals surface area (Å²) < 4.78 is 18.6. The lowest BCUT2D eigenvalue weighted by molar-refractivity contribution is -0.122. The maximum Gasteiger partial charge on any atom is 0.162 e. The quantitative estimate of drug-likeness (QED) is 0.752. The summed E-state index contributed by atoms with van der Waals surface area (Å²) in [4.78, 5) is 11.5. The monoisotopic (exact) mass is 288 g/mol. The summed E-state index contributed by atoms with van der Waals surface area (Å²) >= 11 is 3.22. The summed E-state index contributed by atoms with van der Waals surface area (Å²) in [7, 11) is 0. The van der Waals surface area contributed by atoms with Gasteiger partial charge in [-0.1, -0.05) is 28.9 Å². The molecular formula is C12H14BrFO2. The molecule has 0 N–H and O–H groups in total. The zero-order valence-corrected chi connectivity index (χ0v) is 10.7. The second-order valence-electron chi connectivity index (χ2n) is 3.50. The van der Waals surface area contributed by atoms with Gasteiger partial charge in [-0.25, -0.2) is 4.39 Å². The van der Waals surface area contributed by atoms with Gasteiger partial charge in [0, 0.05) is 17.5 Å². The molecule has 2 nitrogen and oxygen atoms in total. The van der Waals surface area contributed by atoms with Crippen LogP contribution in [0.1, 0.15) is 18.9 Å². The highest BCUT2D eigenvalue weighted by molar-refractivity contribution is 9.10. The van der Waals surface area contributed by atoms with Crippen molar-refractivity contribution in [3.05, 3.63) is 34.1 Å². The van der Waals surface area contributed by atoms with E-state index in [2.05, 4.69) is 15.9 Å². The van der Waals surface area contributed by atoms with Crippen LogP contribution in [-0.4, -0.2) is 19.0 Å². The summed E-state index contributed by atoms with van der Waals surface area (Å²) in [6, 6.07) is 4.31. The van der Waals surface area contributed by atoms with Crippen LogP contribution in [0.4, 0.5) is 4.39 Å². The molecule has 0 aliphatic carbocycles. The van der Waals surface area contributed by atoms with Gasteiger partial charge in [-0.05, 0) is 24.1 Å². The van der Waals surface area contributed by atoms with Crippen LogP contribution in [0.3, 0.4) is 0 Å². The standard InChI is InChI=1S/C12H14BrFO2/c1-2-5-16-8-11(15)6-9-3-4-10(14)7-12(9)13/h3-4,7H,2,5-6,8H2,1H3. The summed E-state index contributed by atoms with van der Waals surface area (Å²) in [5, 5.41) is 0. The SMILES string of the molecule is CCCOCC(=O)Cc1ccc(F)cc1Br. The second kappa shape index (κ2) is 6.76. The van der Waals surface area contributed by atoms with Gasteiger partial charge in [-0.3, -0.25) is 4.79 Å². The number of ketones is 1. The molecule has 88 valence electrons. The topological polar surface area (TPSA) is 26.3 Å². The number of hydrogen-bond acceptors (Lipinski definition) is 2. The van der Waals surface area contributed by atoms with E-state index in [1.54, 1.807) is 6.07 Å². The van der Waals surface area contributed by atoms with E-state index in [0.717, 1.165) is 12.0 Å². The number of benzene rings is 1. The van der Waals surface area contributed by atoms with Gasteiger partial charge in [0.15, 0.2) is 5.78 Å². The predicted molar refractivity (Wildman–Crippen MR) is 63.9 cm³/mol. The van der Waals surface area contributed by atoms with E-state index >= 15 is 0 Å². The van der Waals surface area contributed by atoms with Crippen molar-refractivity contribution in [2.24, 2.45) is 0 Å². The smallest absolute Gasteiger partial charge is 0.162 e. The zero-order valence-electron chi connectivity index (χ0n) is 9.13. The largest absolute Gasteiger partial charge is 0.374 e. The van der Waals surface area contributed by atoms with E-state index in [9.17, 15) is 9.18 Å². The molecule has 1 rings (SSSR count). The van der Waals surface area contributed by atoms with Crippen LogP contribution < -0.4 is 0 Å². The number of carbonyl (C=O) groups excluding carboxylic acids is 1. The average Bonchev–Trinajstić information content (AvgIpc) is 2.23. The fourth-order valence-corrected chi connectivity index (χ4v) is 1.75. The van der Waals surface area contributed by atoms with Crippen molar-refractivity contribution < 1.29 is 13.9 Å². The van der Waals surface area contributed by atoms with Gasteiger partial charge in [0.1, 0.15) is 12.4 Å². The van der Waals surface area contributed by atoms with E-state index in [1.165, 1.54) is 12.1 Å². The van der Waals surface area contributed by atoms with Crippen molar-refractivity contribution >= 4 is 21.7 Å². The molecular weight excluding hydrogens is 275 g/mol. The number of rotatable bonds is 6. The first kappa shape index (κ1) is 13.3. The molecule has 1 aromatic carbocycles. The number of Topliss-reactive ketones (excluding diaryl/α,β-unsaturated/α-hetero) is 1. The molecule has 0 radical (unpaired) electrons. The fraction of sp³-hybridized carbons (Fsp3) is 0.417. The van der Waals surface area contributed by atoms with Crippen LogP contribution in [0.15, 0.2) is 22.7 Å². The second-order valence-corrected chi connectivity index (χ2v) is 4.36. The van der Waals surface area contributed by atoms with E-state index in [0.29, 0.717) is 11.1 Å². The van der Waals surface area contributed by atoms with Crippen molar-refractivity contribution in [1.29, 1.82) is 0 Å². The zero-order chi connectivity index (χ0) is 12.0. The fourth-order valence-electron chi connectivity index (χ4n) is 1.26. The van der Waals surface area contributed by atoms with Gasteiger partial charge < -0.3 is 4.74 Å². The van der Waals surface area contributed by atoms with Crippen LogP contribution in [-0.2, 0) is 16.0 Å². The van der Waals surface area contributed by atoms with E-state index in [1.807, 2.05) is 6.92 Å². The molecule has 0 saturated carbocycles. The summed E-state index contributed by atoms with van der Waals surface area (Å²) in [5.41, 5.74) is 0.784. The minimum Gasteiger partial charge on any atom is -0.374 e. The summed E-state index contributed by atoms with van der Waals surface area (Å²) in [6.07, 6.45) is 1.16. The molecule has 4 heteroatoms. The molecule has 0 heterocycles. The molecule has 0 amide bonds. The van der Waals surface area contributed by atoms with Crippen molar-refractivity contribution in [1.82, 2.24) is 0 Å². The molecule has 0 saturated heterocycles. The van der Waals surface area contributed by atoms with E-state index < -0.39 is 0 Å². The Morgan fingerprint density at radius 3 is 2.88 bits per heavy atom. The highest BCUT2D eigenvalue weighted by atomic mass is 79.9. The van der Waals surface area contributed by atoms with Crippen molar-refractivity contribution in [3.63, 3.8) is 0 Å². The molecule has 0 bridgehead atoms. The van der Waals surface area contributed by atoms with Gasteiger partial charge in [-0.15, -0.1) is 0 Å². The van der Waals surface area contributed by atoms with Crippen LogP contribution in [0.5, 0.6) is 0 Å². The van der Waals surface area contributed by atoms with Gasteiger partial charge in [0.2, 0.25) is 0 Å². The minimum atomic E-state index is -0.315. The van der Waals surface area contributed by atoms with Crippen molar-refractivity contribution in [2.45, 2.75) is 19.8 Å². The Kier molecular flexibility index (Phi) is 5.63. The summed E-state index contributed by atoms with van der Waals surface area (Å²) in [5.74, 6) is -0.314. The molecule has 0 unspecified atom stereocenters. The van der Waals surface area contributed by atoms with Gasteiger partial charge in [-0.2, -0.15) is 0 Å². The lowest BCUT2D eigenvalue weighted by Crippen LogP contribution is -2.12.